The largest absolute Gasteiger partial charge is 0.434 e. The summed E-state index contributed by atoms with van der Waals surface area (Å²) in [6, 6.07) is 5.24. The van der Waals surface area contributed by atoms with Gasteiger partial charge in [-0.05, 0) is 12.1 Å². The lowest BCUT2D eigenvalue weighted by atomic mass is 10.1. The molecule has 5 nitrogen and oxygen atoms in total. The first-order valence-corrected chi connectivity index (χ1v) is 6.51. The smallest absolute Gasteiger partial charge is 0.238 e. The number of hydrogen-bond acceptors (Lipinski definition) is 5. The van der Waals surface area contributed by atoms with Gasteiger partial charge in [-0.1, -0.05) is 0 Å². The highest BCUT2D eigenvalue weighted by atomic mass is 19.1. The van der Waals surface area contributed by atoms with Crippen molar-refractivity contribution in [1.82, 2.24) is 15.5 Å². The minimum atomic E-state index is -0.800. The molecule has 1 saturated heterocycles. The maximum absolute atomic E-state index is 13.9. The van der Waals surface area contributed by atoms with Gasteiger partial charge < -0.3 is 14.8 Å². The third kappa shape index (κ3) is 3.14. The van der Waals surface area contributed by atoms with Gasteiger partial charge in [0.2, 0.25) is 5.88 Å². The molecule has 1 aliphatic rings. The van der Waals surface area contributed by atoms with Crippen LogP contribution in [0, 0.1) is 11.6 Å². The van der Waals surface area contributed by atoms with E-state index in [1.165, 1.54) is 18.3 Å². The van der Waals surface area contributed by atoms with Crippen molar-refractivity contribution in [2.24, 2.45) is 0 Å². The van der Waals surface area contributed by atoms with E-state index in [1.54, 1.807) is 6.07 Å². The lowest BCUT2D eigenvalue weighted by Gasteiger charge is -2.24. The number of benzene rings is 1. The fourth-order valence-corrected chi connectivity index (χ4v) is 2.09. The molecule has 1 fully saturated rings. The molecule has 1 atom stereocenters. The molecule has 2 heterocycles. The summed E-state index contributed by atoms with van der Waals surface area (Å²) in [4.78, 5) is 0. The van der Waals surface area contributed by atoms with Crippen LogP contribution in [0.5, 0.6) is 11.6 Å². The van der Waals surface area contributed by atoms with E-state index in [4.69, 9.17) is 9.47 Å². The summed E-state index contributed by atoms with van der Waals surface area (Å²) in [5.74, 6) is -1.43. The van der Waals surface area contributed by atoms with Crippen molar-refractivity contribution in [3.8, 4) is 11.6 Å². The number of halogens is 2. The van der Waals surface area contributed by atoms with Crippen molar-refractivity contribution in [3.05, 3.63) is 47.7 Å². The minimum absolute atomic E-state index is 0.110. The zero-order valence-electron chi connectivity index (χ0n) is 11.1. The molecule has 0 radical (unpaired) electrons. The molecule has 0 aliphatic carbocycles. The molecule has 1 aliphatic heterocycles. The fraction of sp³-hybridized carbons (Fsp3) is 0.286. The summed E-state index contributed by atoms with van der Waals surface area (Å²) in [6.07, 6.45) is 1.00. The lowest BCUT2D eigenvalue weighted by molar-refractivity contribution is 0.0253. The Balaban J connectivity index is 1.89. The summed E-state index contributed by atoms with van der Waals surface area (Å²) in [6.45, 7) is 1.65. The van der Waals surface area contributed by atoms with Gasteiger partial charge in [0, 0.05) is 37.0 Å². The van der Waals surface area contributed by atoms with Gasteiger partial charge in [0.05, 0.1) is 12.7 Å². The van der Waals surface area contributed by atoms with Gasteiger partial charge in [-0.25, -0.2) is 8.78 Å². The zero-order chi connectivity index (χ0) is 14.7. The first-order chi connectivity index (χ1) is 10.2. The molecule has 0 unspecified atom stereocenters. The molecule has 1 N–H and O–H groups in total. The molecule has 1 aromatic heterocycles. The first-order valence-electron chi connectivity index (χ1n) is 6.51. The second-order valence-corrected chi connectivity index (χ2v) is 4.53. The molecule has 0 bridgehead atoms. The van der Waals surface area contributed by atoms with Crippen LogP contribution in [0.4, 0.5) is 8.78 Å². The van der Waals surface area contributed by atoms with Gasteiger partial charge in [-0.3, -0.25) is 0 Å². The number of rotatable bonds is 3. The lowest BCUT2D eigenvalue weighted by Crippen LogP contribution is -2.33. The molecule has 3 rings (SSSR count). The van der Waals surface area contributed by atoms with Gasteiger partial charge in [-0.15, -0.1) is 5.10 Å². The summed E-state index contributed by atoms with van der Waals surface area (Å²) in [7, 11) is 0. The fourth-order valence-electron chi connectivity index (χ4n) is 2.09. The van der Waals surface area contributed by atoms with Crippen LogP contribution in [0.15, 0.2) is 30.5 Å². The van der Waals surface area contributed by atoms with Crippen molar-refractivity contribution in [2.75, 3.05) is 19.7 Å². The Hall–Kier alpha value is -2.12. The van der Waals surface area contributed by atoms with Gasteiger partial charge in [0.25, 0.3) is 0 Å². The number of aromatic nitrogens is 2. The summed E-state index contributed by atoms with van der Waals surface area (Å²) in [5, 5.41) is 10.4. The Labute approximate surface area is 119 Å². The van der Waals surface area contributed by atoms with E-state index in [-0.39, 0.29) is 17.2 Å². The Morgan fingerprint density at radius 1 is 1.29 bits per heavy atom. The van der Waals surface area contributed by atoms with E-state index in [0.717, 1.165) is 6.07 Å². The Kier molecular flexibility index (Phi) is 4.03. The predicted molar refractivity (Wildman–Crippen MR) is 70.0 cm³/mol. The van der Waals surface area contributed by atoms with Crippen molar-refractivity contribution < 1.29 is 18.3 Å². The number of hydrogen-bond donors (Lipinski definition) is 1. The second kappa shape index (κ2) is 6.11. The molecule has 1 aromatic carbocycles. The number of nitrogens with one attached hydrogen (secondary N) is 1. The number of ether oxygens (including phenoxy) is 2. The van der Waals surface area contributed by atoms with Gasteiger partial charge >= 0.3 is 0 Å². The van der Waals surface area contributed by atoms with Crippen LogP contribution in [0.1, 0.15) is 11.7 Å². The van der Waals surface area contributed by atoms with Crippen molar-refractivity contribution in [3.63, 3.8) is 0 Å². The molecular formula is C14H13F2N3O2. The molecule has 110 valence electrons. The maximum atomic E-state index is 13.9. The maximum Gasteiger partial charge on any atom is 0.238 e. The summed E-state index contributed by atoms with van der Waals surface area (Å²) in [5.41, 5.74) is 0.252. The van der Waals surface area contributed by atoms with Gasteiger partial charge in [0.15, 0.2) is 11.6 Å². The summed E-state index contributed by atoms with van der Waals surface area (Å²) < 4.78 is 38.5. The van der Waals surface area contributed by atoms with Crippen LogP contribution in [0.2, 0.25) is 0 Å². The van der Waals surface area contributed by atoms with E-state index >= 15 is 0 Å². The highest BCUT2D eigenvalue weighted by Gasteiger charge is 2.22. The van der Waals surface area contributed by atoms with Gasteiger partial charge in [0.1, 0.15) is 5.82 Å². The molecule has 0 amide bonds. The number of nitrogens with zero attached hydrogens (tertiary/aromatic N) is 2. The Morgan fingerprint density at radius 3 is 2.90 bits per heavy atom. The van der Waals surface area contributed by atoms with Crippen LogP contribution in [-0.2, 0) is 4.74 Å². The summed E-state index contributed by atoms with van der Waals surface area (Å²) >= 11 is 0. The van der Waals surface area contributed by atoms with E-state index in [1.807, 2.05) is 0 Å². The predicted octanol–water partition coefficient (Wildman–Crippen LogP) is 2.21. The van der Waals surface area contributed by atoms with Crippen LogP contribution < -0.4 is 10.1 Å². The molecular weight excluding hydrogens is 280 g/mol. The van der Waals surface area contributed by atoms with Crippen molar-refractivity contribution >= 4 is 0 Å². The highest BCUT2D eigenvalue weighted by Crippen LogP contribution is 2.30. The highest BCUT2D eigenvalue weighted by molar-refractivity contribution is 5.35. The van der Waals surface area contributed by atoms with E-state index in [2.05, 4.69) is 15.5 Å². The van der Waals surface area contributed by atoms with Crippen LogP contribution in [-0.4, -0.2) is 29.9 Å². The third-order valence-corrected chi connectivity index (χ3v) is 3.09. The zero-order valence-corrected chi connectivity index (χ0v) is 11.1. The molecule has 0 saturated carbocycles. The Bertz CT molecular complexity index is 619. The van der Waals surface area contributed by atoms with Crippen molar-refractivity contribution in [2.45, 2.75) is 6.10 Å². The van der Waals surface area contributed by atoms with Crippen LogP contribution in [0.3, 0.4) is 0 Å². The van der Waals surface area contributed by atoms with E-state index in [9.17, 15) is 8.78 Å². The van der Waals surface area contributed by atoms with Crippen molar-refractivity contribution in [1.29, 1.82) is 0 Å². The second-order valence-electron chi connectivity index (χ2n) is 4.53. The average Bonchev–Trinajstić information content (AvgIpc) is 2.52. The molecule has 0 spiro atoms. The Morgan fingerprint density at radius 2 is 2.19 bits per heavy atom. The quantitative estimate of drug-likeness (QED) is 0.940. The van der Waals surface area contributed by atoms with Crippen LogP contribution in [0.25, 0.3) is 0 Å². The molecule has 2 aromatic rings. The first kappa shape index (κ1) is 13.8. The normalized spacial score (nSPS) is 18.5. The van der Waals surface area contributed by atoms with E-state index < -0.39 is 17.7 Å². The molecule has 21 heavy (non-hydrogen) atoms. The van der Waals surface area contributed by atoms with Crippen LogP contribution >= 0.6 is 0 Å². The van der Waals surface area contributed by atoms with E-state index in [0.29, 0.717) is 19.7 Å². The minimum Gasteiger partial charge on any atom is -0.434 e. The third-order valence-electron chi connectivity index (χ3n) is 3.09. The van der Waals surface area contributed by atoms with Gasteiger partial charge in [-0.2, -0.15) is 5.10 Å². The average molecular weight is 293 g/mol. The topological polar surface area (TPSA) is 56.3 Å². The monoisotopic (exact) mass is 293 g/mol. The molecule has 7 heteroatoms. The number of morpholine rings is 1. The standard InChI is InChI=1S/C14H13F2N3O2/c15-10-7-11(16)12(21-14-2-1-3-18-19-14)6-9(10)13-8-17-4-5-20-13/h1-3,6-7,13,17H,4-5,8H2/t13-/m0/s1. The SMILES string of the molecule is Fc1cc(F)c([C@@H]2CNCCO2)cc1Oc1cccnn1.